The summed E-state index contributed by atoms with van der Waals surface area (Å²) in [6, 6.07) is 7.44. The Bertz CT molecular complexity index is 1180. The second kappa shape index (κ2) is 7.84. The van der Waals surface area contributed by atoms with E-state index in [0.29, 0.717) is 0 Å². The van der Waals surface area contributed by atoms with E-state index in [4.69, 9.17) is 9.15 Å². The molecule has 0 amide bonds. The van der Waals surface area contributed by atoms with E-state index in [0.717, 1.165) is 6.07 Å². The summed E-state index contributed by atoms with van der Waals surface area (Å²) < 4.78 is 11.3. The quantitative estimate of drug-likeness (QED) is 0.280. The maximum atomic E-state index is 12.7. The average Bonchev–Trinajstić information content (AvgIpc) is 2.74. The highest BCUT2D eigenvalue weighted by Gasteiger charge is 2.45. The molecule has 1 saturated heterocycles. The summed E-state index contributed by atoms with van der Waals surface area (Å²) in [6.07, 6.45) is -7.68. The van der Waals surface area contributed by atoms with Crippen molar-refractivity contribution in [1.29, 1.82) is 0 Å². The molecule has 31 heavy (non-hydrogen) atoms. The number of fused-ring (bicyclic) bond motifs is 1. The summed E-state index contributed by atoms with van der Waals surface area (Å²) in [6.45, 7) is -0.672. The molecule has 0 spiro atoms. The van der Waals surface area contributed by atoms with E-state index in [-0.39, 0.29) is 33.6 Å². The van der Waals surface area contributed by atoms with Gasteiger partial charge >= 0.3 is 0 Å². The predicted molar refractivity (Wildman–Crippen MR) is 106 cm³/mol. The van der Waals surface area contributed by atoms with Crippen LogP contribution in [-0.4, -0.2) is 66.8 Å². The minimum absolute atomic E-state index is 0.00996. The van der Waals surface area contributed by atoms with Gasteiger partial charge in [-0.05, 0) is 30.3 Å². The maximum Gasteiger partial charge on any atom is 0.193 e. The van der Waals surface area contributed by atoms with Crippen molar-refractivity contribution in [2.24, 2.45) is 0 Å². The van der Waals surface area contributed by atoms with Gasteiger partial charge in [-0.15, -0.1) is 0 Å². The van der Waals surface area contributed by atoms with Crippen LogP contribution in [-0.2, 0) is 4.74 Å². The van der Waals surface area contributed by atoms with E-state index < -0.39 is 54.1 Å². The minimum atomic E-state index is -1.71. The highest BCUT2D eigenvalue weighted by molar-refractivity contribution is 5.84. The first-order chi connectivity index (χ1) is 14.7. The number of rotatable bonds is 3. The van der Waals surface area contributed by atoms with Gasteiger partial charge in [-0.2, -0.15) is 0 Å². The first kappa shape index (κ1) is 21.1. The minimum Gasteiger partial charge on any atom is -0.507 e. The van der Waals surface area contributed by atoms with Gasteiger partial charge in [-0.1, -0.05) is 0 Å². The Hall–Kier alpha value is -3.15. The van der Waals surface area contributed by atoms with Gasteiger partial charge in [0.1, 0.15) is 47.6 Å². The number of hydrogen-bond acceptors (Lipinski definition) is 10. The van der Waals surface area contributed by atoms with Crippen LogP contribution in [0, 0.1) is 0 Å². The zero-order chi connectivity index (χ0) is 22.4. The number of benzene rings is 2. The van der Waals surface area contributed by atoms with Gasteiger partial charge in [0.25, 0.3) is 0 Å². The Morgan fingerprint density at radius 1 is 0.839 bits per heavy atom. The summed E-state index contributed by atoms with van der Waals surface area (Å²) in [4.78, 5) is 12.7. The van der Waals surface area contributed by atoms with Crippen molar-refractivity contribution in [3.05, 3.63) is 52.2 Å². The standard InChI is InChI=1S/C21H20O10/c22-7-15-17(27)18(28)19(29)21(31-15)16-11(24)4-2-9-12(25)6-14(30-20(9)16)8-1-3-10(23)13(26)5-8/h1-6,15,17-19,21-24,26-29H,7H2/t15-,17-,18+,19-,21+/m0/s1. The molecule has 1 aliphatic rings. The molecule has 0 bridgehead atoms. The molecule has 0 aliphatic carbocycles. The first-order valence-electron chi connectivity index (χ1n) is 9.35. The third kappa shape index (κ3) is 3.50. The van der Waals surface area contributed by atoms with Gasteiger partial charge in [0.05, 0.1) is 17.6 Å². The van der Waals surface area contributed by atoms with E-state index >= 15 is 0 Å². The second-order valence-electron chi connectivity index (χ2n) is 7.30. The highest BCUT2D eigenvalue weighted by atomic mass is 16.5. The van der Waals surface area contributed by atoms with Gasteiger partial charge in [0.15, 0.2) is 16.9 Å². The third-order valence-electron chi connectivity index (χ3n) is 5.35. The van der Waals surface area contributed by atoms with E-state index in [1.165, 1.54) is 30.3 Å². The molecule has 0 unspecified atom stereocenters. The number of aliphatic hydroxyl groups is 4. The van der Waals surface area contributed by atoms with Crippen LogP contribution in [0.3, 0.4) is 0 Å². The smallest absolute Gasteiger partial charge is 0.193 e. The SMILES string of the molecule is O=c1cc(-c2ccc(O)c(O)c2)oc2c([C@H]3O[C@@H](CO)[C@H](O)[C@@H](O)[C@@H]3O)c(O)ccc12. The molecule has 7 N–H and O–H groups in total. The molecule has 10 nitrogen and oxygen atoms in total. The van der Waals surface area contributed by atoms with Gasteiger partial charge in [0, 0.05) is 11.6 Å². The Kier molecular flexibility index (Phi) is 5.33. The van der Waals surface area contributed by atoms with Crippen molar-refractivity contribution in [1.82, 2.24) is 0 Å². The molecule has 164 valence electrons. The summed E-state index contributed by atoms with van der Waals surface area (Å²) in [5.41, 5.74) is -0.567. The zero-order valence-corrected chi connectivity index (χ0v) is 15.9. The van der Waals surface area contributed by atoms with Crippen molar-refractivity contribution in [2.75, 3.05) is 6.61 Å². The fourth-order valence-corrected chi connectivity index (χ4v) is 3.66. The maximum absolute atomic E-state index is 12.7. The molecule has 10 heteroatoms. The van der Waals surface area contributed by atoms with Crippen molar-refractivity contribution in [3.63, 3.8) is 0 Å². The summed E-state index contributed by atoms with van der Waals surface area (Å²) in [5.74, 6) is -1.23. The molecule has 2 heterocycles. The van der Waals surface area contributed by atoms with Crippen LogP contribution in [0.1, 0.15) is 11.7 Å². The van der Waals surface area contributed by atoms with Gasteiger partial charge in [-0.3, -0.25) is 4.79 Å². The molecular formula is C21H20O10. The van der Waals surface area contributed by atoms with Gasteiger partial charge in [0.2, 0.25) is 0 Å². The normalized spacial score (nSPS) is 26.3. The Balaban J connectivity index is 1.93. The average molecular weight is 432 g/mol. The number of aliphatic hydroxyl groups excluding tert-OH is 4. The van der Waals surface area contributed by atoms with E-state index in [1.54, 1.807) is 0 Å². The van der Waals surface area contributed by atoms with Crippen molar-refractivity contribution >= 4 is 11.0 Å². The topological polar surface area (TPSA) is 181 Å². The largest absolute Gasteiger partial charge is 0.507 e. The van der Waals surface area contributed by atoms with E-state index in [9.17, 15) is 40.5 Å². The van der Waals surface area contributed by atoms with Crippen LogP contribution in [0.4, 0.5) is 0 Å². The number of aromatic hydroxyl groups is 3. The molecule has 1 aliphatic heterocycles. The molecule has 2 aromatic carbocycles. The number of ether oxygens (including phenoxy) is 1. The van der Waals surface area contributed by atoms with Crippen molar-refractivity contribution in [2.45, 2.75) is 30.5 Å². The summed E-state index contributed by atoms with van der Waals surface area (Å²) in [5, 5.41) is 69.8. The Morgan fingerprint density at radius 2 is 1.55 bits per heavy atom. The number of phenols is 3. The lowest BCUT2D eigenvalue weighted by atomic mass is 9.90. The lowest BCUT2D eigenvalue weighted by molar-refractivity contribution is -0.231. The molecule has 1 fully saturated rings. The predicted octanol–water partition coefficient (Wildman–Crippen LogP) is 0.0917. The summed E-state index contributed by atoms with van der Waals surface area (Å²) in [7, 11) is 0. The van der Waals surface area contributed by atoms with Gasteiger partial charge in [-0.25, -0.2) is 0 Å². The molecule has 3 aromatic rings. The second-order valence-corrected chi connectivity index (χ2v) is 7.30. The molecule has 0 radical (unpaired) electrons. The lowest BCUT2D eigenvalue weighted by Gasteiger charge is -2.40. The van der Waals surface area contributed by atoms with E-state index in [1.807, 2.05) is 0 Å². The van der Waals surface area contributed by atoms with Crippen LogP contribution in [0.5, 0.6) is 17.2 Å². The van der Waals surface area contributed by atoms with Crippen molar-refractivity contribution < 1.29 is 44.9 Å². The van der Waals surface area contributed by atoms with Crippen LogP contribution >= 0.6 is 0 Å². The molecule has 1 aromatic heterocycles. The summed E-state index contributed by atoms with van der Waals surface area (Å²) >= 11 is 0. The zero-order valence-electron chi connectivity index (χ0n) is 15.9. The van der Waals surface area contributed by atoms with Crippen LogP contribution in [0.25, 0.3) is 22.3 Å². The van der Waals surface area contributed by atoms with Crippen LogP contribution in [0.15, 0.2) is 45.6 Å². The Morgan fingerprint density at radius 3 is 2.23 bits per heavy atom. The molecule has 0 saturated carbocycles. The fraction of sp³-hybridized carbons (Fsp3) is 0.286. The number of phenolic OH excluding ortho intramolecular Hbond substituents is 3. The van der Waals surface area contributed by atoms with Crippen molar-refractivity contribution in [3.8, 4) is 28.6 Å². The van der Waals surface area contributed by atoms with E-state index in [2.05, 4.69) is 0 Å². The Labute approximate surface area is 174 Å². The molecule has 5 atom stereocenters. The van der Waals surface area contributed by atoms with Gasteiger partial charge < -0.3 is 44.9 Å². The van der Waals surface area contributed by atoms with Crippen LogP contribution < -0.4 is 5.43 Å². The van der Waals surface area contributed by atoms with Crippen LogP contribution in [0.2, 0.25) is 0 Å². The monoisotopic (exact) mass is 432 g/mol. The molecular weight excluding hydrogens is 412 g/mol. The first-order valence-corrected chi connectivity index (χ1v) is 9.35. The lowest BCUT2D eigenvalue weighted by Crippen LogP contribution is -2.55. The number of hydrogen-bond donors (Lipinski definition) is 7. The molecule has 4 rings (SSSR count). The highest BCUT2D eigenvalue weighted by Crippen LogP contribution is 2.41. The fourth-order valence-electron chi connectivity index (χ4n) is 3.66. The third-order valence-corrected chi connectivity index (χ3v) is 5.35.